The lowest BCUT2D eigenvalue weighted by Crippen LogP contribution is -2.00. The highest BCUT2D eigenvalue weighted by atomic mass is 32.2. The van der Waals surface area contributed by atoms with Gasteiger partial charge < -0.3 is 4.79 Å². The largest absolute Gasteiger partial charge is 0.300 e. The van der Waals surface area contributed by atoms with Gasteiger partial charge in [0.25, 0.3) is 0 Å². The second-order valence-electron chi connectivity index (χ2n) is 3.49. The lowest BCUT2D eigenvalue weighted by atomic mass is 10.1. The van der Waals surface area contributed by atoms with E-state index in [-0.39, 0.29) is 16.9 Å². The molecule has 82 valence electrons. The number of benzene rings is 1. The molecule has 0 amide bonds. The number of halogens is 1. The average Bonchev–Trinajstić information content (AvgIpc) is 2.21. The quantitative estimate of drug-likeness (QED) is 0.763. The molecule has 0 radical (unpaired) electrons. The number of rotatable bonds is 5. The van der Waals surface area contributed by atoms with Crippen LogP contribution in [0, 0.1) is 5.82 Å². The molecule has 0 bridgehead atoms. The summed E-state index contributed by atoms with van der Waals surface area (Å²) in [7, 11) is 0. The highest BCUT2D eigenvalue weighted by Crippen LogP contribution is 2.32. The summed E-state index contributed by atoms with van der Waals surface area (Å²) in [5.74, 6) is -0.0224. The van der Waals surface area contributed by atoms with Crippen LogP contribution in [0.3, 0.4) is 0 Å². The van der Waals surface area contributed by atoms with E-state index in [0.29, 0.717) is 18.4 Å². The van der Waals surface area contributed by atoms with Crippen molar-refractivity contribution in [3.05, 3.63) is 35.6 Å². The van der Waals surface area contributed by atoms with Crippen molar-refractivity contribution >= 4 is 17.5 Å². The van der Waals surface area contributed by atoms with Crippen LogP contribution in [-0.2, 0) is 4.79 Å². The third-order valence-corrected chi connectivity index (χ3v) is 3.35. The highest BCUT2D eigenvalue weighted by Gasteiger charge is 2.14. The first kappa shape index (κ1) is 12.2. The summed E-state index contributed by atoms with van der Waals surface area (Å²) in [4.78, 5) is 10.9. The van der Waals surface area contributed by atoms with Gasteiger partial charge in [-0.05, 0) is 25.7 Å². The topological polar surface area (TPSA) is 17.1 Å². The molecule has 1 rings (SSSR count). The van der Waals surface area contributed by atoms with Crippen LogP contribution in [0.1, 0.15) is 30.6 Å². The zero-order valence-electron chi connectivity index (χ0n) is 9.00. The molecule has 0 saturated heterocycles. The first-order chi connectivity index (χ1) is 7.15. The lowest BCUT2D eigenvalue weighted by Gasteiger charge is -2.14. The van der Waals surface area contributed by atoms with Gasteiger partial charge in [0.2, 0.25) is 0 Å². The van der Waals surface area contributed by atoms with E-state index in [4.69, 9.17) is 0 Å². The maximum atomic E-state index is 13.5. The predicted octanol–water partition coefficient (Wildman–Crippen LogP) is 3.60. The number of thioether (sulfide) groups is 1. The Hall–Kier alpha value is -0.830. The smallest absolute Gasteiger partial charge is 0.129 e. The minimum atomic E-state index is -0.180. The molecule has 15 heavy (non-hydrogen) atoms. The van der Waals surface area contributed by atoms with Gasteiger partial charge >= 0.3 is 0 Å². The van der Waals surface area contributed by atoms with Crippen LogP contribution >= 0.6 is 11.8 Å². The summed E-state index contributed by atoms with van der Waals surface area (Å²) in [6.45, 7) is 1.57. The third kappa shape index (κ3) is 3.67. The maximum absolute atomic E-state index is 13.5. The fourth-order valence-corrected chi connectivity index (χ4v) is 2.27. The van der Waals surface area contributed by atoms with E-state index in [0.717, 1.165) is 0 Å². The molecule has 0 heterocycles. The molecule has 0 fully saturated rings. The summed E-state index contributed by atoms with van der Waals surface area (Å²) in [5.41, 5.74) is 0.700. The van der Waals surface area contributed by atoms with Crippen molar-refractivity contribution in [2.45, 2.75) is 25.0 Å². The molecular weight excluding hydrogens is 211 g/mol. The van der Waals surface area contributed by atoms with E-state index in [1.807, 2.05) is 12.3 Å². The standard InChI is InChI=1S/C12H15FOS/c1-9(14)7-8-12(15-2)10-5-3-4-6-11(10)13/h3-6,12H,7-8H2,1-2H3. The van der Waals surface area contributed by atoms with Gasteiger partial charge in [0.15, 0.2) is 0 Å². The monoisotopic (exact) mass is 226 g/mol. The molecule has 1 aromatic rings. The zero-order valence-corrected chi connectivity index (χ0v) is 9.81. The molecule has 1 atom stereocenters. The SMILES string of the molecule is CSC(CCC(C)=O)c1ccccc1F. The Bertz CT molecular complexity index is 338. The Morgan fingerprint density at radius 2 is 2.13 bits per heavy atom. The van der Waals surface area contributed by atoms with Gasteiger partial charge in [-0.2, -0.15) is 11.8 Å². The van der Waals surface area contributed by atoms with Crippen molar-refractivity contribution in [3.8, 4) is 0 Å². The number of hydrogen-bond acceptors (Lipinski definition) is 2. The molecule has 0 saturated carbocycles. The van der Waals surface area contributed by atoms with E-state index in [1.54, 1.807) is 30.8 Å². The van der Waals surface area contributed by atoms with Gasteiger partial charge in [-0.15, -0.1) is 0 Å². The lowest BCUT2D eigenvalue weighted by molar-refractivity contribution is -0.117. The summed E-state index contributed by atoms with van der Waals surface area (Å²) in [6.07, 6.45) is 3.16. The van der Waals surface area contributed by atoms with Crippen LogP contribution < -0.4 is 0 Å². The van der Waals surface area contributed by atoms with Crippen LogP contribution in [0.5, 0.6) is 0 Å². The van der Waals surface area contributed by atoms with Gasteiger partial charge in [0.05, 0.1) is 0 Å². The normalized spacial score (nSPS) is 12.5. The van der Waals surface area contributed by atoms with Crippen molar-refractivity contribution < 1.29 is 9.18 Å². The number of carbonyl (C=O) groups excluding carboxylic acids is 1. The zero-order chi connectivity index (χ0) is 11.3. The number of carbonyl (C=O) groups is 1. The van der Waals surface area contributed by atoms with E-state index >= 15 is 0 Å². The Morgan fingerprint density at radius 3 is 2.67 bits per heavy atom. The number of Topliss-reactive ketones (excluding diaryl/α,β-unsaturated/α-hetero) is 1. The van der Waals surface area contributed by atoms with Crippen molar-refractivity contribution in [1.82, 2.24) is 0 Å². The Morgan fingerprint density at radius 1 is 1.47 bits per heavy atom. The minimum absolute atomic E-state index is 0.0788. The summed E-state index contributed by atoms with van der Waals surface area (Å²) in [6, 6.07) is 6.76. The van der Waals surface area contributed by atoms with Gasteiger partial charge in [0, 0.05) is 17.2 Å². The average molecular weight is 226 g/mol. The van der Waals surface area contributed by atoms with Crippen molar-refractivity contribution in [1.29, 1.82) is 0 Å². The van der Waals surface area contributed by atoms with E-state index in [1.165, 1.54) is 6.07 Å². The predicted molar refractivity (Wildman–Crippen MR) is 62.6 cm³/mol. The summed E-state index contributed by atoms with van der Waals surface area (Å²) >= 11 is 1.59. The number of hydrogen-bond donors (Lipinski definition) is 0. The van der Waals surface area contributed by atoms with Gasteiger partial charge in [-0.3, -0.25) is 0 Å². The molecule has 0 aromatic heterocycles. The molecule has 0 aliphatic rings. The molecule has 0 aliphatic heterocycles. The van der Waals surface area contributed by atoms with Crippen LogP contribution in [0.25, 0.3) is 0 Å². The molecule has 0 spiro atoms. The highest BCUT2D eigenvalue weighted by molar-refractivity contribution is 7.98. The number of ketones is 1. The Labute approximate surface area is 94.1 Å². The molecule has 3 heteroatoms. The van der Waals surface area contributed by atoms with Crippen molar-refractivity contribution in [2.24, 2.45) is 0 Å². The van der Waals surface area contributed by atoms with Gasteiger partial charge in [-0.1, -0.05) is 18.2 Å². The van der Waals surface area contributed by atoms with Crippen LogP contribution in [0.4, 0.5) is 4.39 Å². The van der Waals surface area contributed by atoms with Gasteiger partial charge in [-0.25, -0.2) is 4.39 Å². The molecule has 1 aromatic carbocycles. The van der Waals surface area contributed by atoms with Crippen molar-refractivity contribution in [3.63, 3.8) is 0 Å². The van der Waals surface area contributed by atoms with E-state index in [9.17, 15) is 9.18 Å². The fraction of sp³-hybridized carbons (Fsp3) is 0.417. The second kappa shape index (κ2) is 5.91. The first-order valence-corrected chi connectivity index (χ1v) is 6.20. The molecular formula is C12H15FOS. The Balaban J connectivity index is 2.74. The second-order valence-corrected chi connectivity index (χ2v) is 4.53. The van der Waals surface area contributed by atoms with Crippen molar-refractivity contribution in [2.75, 3.05) is 6.26 Å². The molecule has 1 unspecified atom stereocenters. The summed E-state index contributed by atoms with van der Waals surface area (Å²) < 4.78 is 13.5. The molecule has 0 N–H and O–H groups in total. The van der Waals surface area contributed by atoms with E-state index in [2.05, 4.69) is 0 Å². The van der Waals surface area contributed by atoms with Crippen LogP contribution in [0.15, 0.2) is 24.3 Å². The van der Waals surface area contributed by atoms with Crippen LogP contribution in [0.2, 0.25) is 0 Å². The molecule has 1 nitrogen and oxygen atoms in total. The maximum Gasteiger partial charge on any atom is 0.129 e. The van der Waals surface area contributed by atoms with Gasteiger partial charge in [0.1, 0.15) is 11.6 Å². The minimum Gasteiger partial charge on any atom is -0.300 e. The Kier molecular flexibility index (Phi) is 4.82. The van der Waals surface area contributed by atoms with Crippen LogP contribution in [-0.4, -0.2) is 12.0 Å². The van der Waals surface area contributed by atoms with E-state index < -0.39 is 0 Å². The summed E-state index contributed by atoms with van der Waals surface area (Å²) in [5, 5.41) is 0.0788. The first-order valence-electron chi connectivity index (χ1n) is 4.91. The molecule has 0 aliphatic carbocycles. The third-order valence-electron chi connectivity index (χ3n) is 2.30. The fourth-order valence-electron chi connectivity index (χ4n) is 1.47.